The van der Waals surface area contributed by atoms with Crippen molar-refractivity contribution in [3.05, 3.63) is 36.5 Å². The molecule has 68 valence electrons. The molecule has 0 atom stereocenters. The molecule has 1 aromatic carbocycles. The monoisotopic (exact) mass is 184 g/mol. The number of aromatic nitrogens is 1. The van der Waals surface area contributed by atoms with Crippen molar-refractivity contribution in [1.29, 1.82) is 0 Å². The zero-order valence-electron chi connectivity index (χ0n) is 7.40. The van der Waals surface area contributed by atoms with E-state index in [-0.39, 0.29) is 0 Å². The average molecular weight is 184 g/mol. The van der Waals surface area contributed by atoms with E-state index < -0.39 is 0 Å². The first-order valence-corrected chi connectivity index (χ1v) is 4.37. The van der Waals surface area contributed by atoms with Gasteiger partial charge in [-0.2, -0.15) is 0 Å². The molecule has 0 aliphatic rings. The molecule has 2 N–H and O–H groups in total. The van der Waals surface area contributed by atoms with Gasteiger partial charge in [0, 0.05) is 22.7 Å². The second-order valence-corrected chi connectivity index (χ2v) is 3.21. The van der Waals surface area contributed by atoms with Crippen LogP contribution in [0.15, 0.2) is 40.9 Å². The smallest absolute Gasteiger partial charge is 0.227 e. The highest BCUT2D eigenvalue weighted by Crippen LogP contribution is 2.28. The van der Waals surface area contributed by atoms with Gasteiger partial charge in [0.1, 0.15) is 5.58 Å². The van der Waals surface area contributed by atoms with Gasteiger partial charge in [-0.25, -0.2) is 4.98 Å². The number of pyridine rings is 1. The summed E-state index contributed by atoms with van der Waals surface area (Å²) in [5.41, 5.74) is 7.94. The first kappa shape index (κ1) is 7.38. The molecule has 0 aliphatic heterocycles. The van der Waals surface area contributed by atoms with Gasteiger partial charge < -0.3 is 10.2 Å². The Labute approximate surface area is 80.1 Å². The van der Waals surface area contributed by atoms with E-state index in [0.717, 1.165) is 22.0 Å². The van der Waals surface area contributed by atoms with Crippen LogP contribution >= 0.6 is 0 Å². The number of benzene rings is 1. The van der Waals surface area contributed by atoms with Gasteiger partial charge in [0.2, 0.25) is 5.71 Å². The lowest BCUT2D eigenvalue weighted by Crippen LogP contribution is -1.81. The van der Waals surface area contributed by atoms with E-state index in [0.29, 0.717) is 5.71 Å². The van der Waals surface area contributed by atoms with Crippen molar-refractivity contribution in [3.63, 3.8) is 0 Å². The summed E-state index contributed by atoms with van der Waals surface area (Å²) in [5.74, 6) is 0. The Bertz CT molecular complexity index is 613. The van der Waals surface area contributed by atoms with Crippen LogP contribution in [0.5, 0.6) is 0 Å². The Morgan fingerprint density at radius 1 is 1.14 bits per heavy atom. The normalized spacial score (nSPS) is 11.1. The second kappa shape index (κ2) is 2.48. The number of nitrogen functional groups attached to an aromatic ring is 1. The highest BCUT2D eigenvalue weighted by molar-refractivity contribution is 6.04. The molecule has 0 unspecified atom stereocenters. The lowest BCUT2D eigenvalue weighted by atomic mass is 10.2. The summed E-state index contributed by atoms with van der Waals surface area (Å²) in [6.07, 6.45) is 1.72. The molecule has 0 amide bonds. The molecular weight excluding hydrogens is 176 g/mol. The Morgan fingerprint density at radius 3 is 3.00 bits per heavy atom. The van der Waals surface area contributed by atoms with Crippen LogP contribution in [-0.4, -0.2) is 4.98 Å². The van der Waals surface area contributed by atoms with E-state index in [2.05, 4.69) is 4.98 Å². The third-order valence-corrected chi connectivity index (χ3v) is 2.27. The predicted octanol–water partition coefficient (Wildman–Crippen LogP) is 2.56. The quantitative estimate of drug-likeness (QED) is 0.546. The van der Waals surface area contributed by atoms with E-state index in [1.807, 2.05) is 30.3 Å². The summed E-state index contributed by atoms with van der Waals surface area (Å²) < 4.78 is 5.54. The Hall–Kier alpha value is -2.03. The lowest BCUT2D eigenvalue weighted by molar-refractivity contribution is 0.654. The molecule has 2 aromatic heterocycles. The van der Waals surface area contributed by atoms with Crippen molar-refractivity contribution in [2.45, 2.75) is 0 Å². The summed E-state index contributed by atoms with van der Waals surface area (Å²) in [6.45, 7) is 0. The van der Waals surface area contributed by atoms with Gasteiger partial charge in [0.05, 0.1) is 0 Å². The van der Waals surface area contributed by atoms with Crippen LogP contribution in [0.25, 0.3) is 22.1 Å². The van der Waals surface area contributed by atoms with Crippen LogP contribution < -0.4 is 5.73 Å². The van der Waals surface area contributed by atoms with Gasteiger partial charge in [-0.1, -0.05) is 0 Å². The first-order chi connectivity index (χ1) is 6.84. The summed E-state index contributed by atoms with van der Waals surface area (Å²) in [4.78, 5) is 4.14. The van der Waals surface area contributed by atoms with Crippen molar-refractivity contribution in [3.8, 4) is 0 Å². The van der Waals surface area contributed by atoms with Crippen molar-refractivity contribution in [2.75, 3.05) is 5.73 Å². The largest absolute Gasteiger partial charge is 0.438 e. The predicted molar refractivity (Wildman–Crippen MR) is 55.9 cm³/mol. The van der Waals surface area contributed by atoms with Crippen LogP contribution in [0.4, 0.5) is 5.69 Å². The molecule has 0 fully saturated rings. The maximum absolute atomic E-state index is 5.71. The van der Waals surface area contributed by atoms with E-state index >= 15 is 0 Å². The number of nitrogens with zero attached hydrogens (tertiary/aromatic N) is 1. The standard InChI is InChI=1S/C11H8N2O/c12-7-3-4-10-9(6-7)8-2-1-5-13-11(8)14-10/h1-6H,12H2. The van der Waals surface area contributed by atoms with E-state index in [1.165, 1.54) is 0 Å². The SMILES string of the molecule is Nc1ccc2oc3ncccc3c2c1. The van der Waals surface area contributed by atoms with Crippen LogP contribution in [0, 0.1) is 0 Å². The van der Waals surface area contributed by atoms with Crippen LogP contribution in [-0.2, 0) is 0 Å². The number of hydrogen-bond donors (Lipinski definition) is 1. The molecule has 0 spiro atoms. The van der Waals surface area contributed by atoms with Crippen molar-refractivity contribution in [2.24, 2.45) is 0 Å². The molecule has 14 heavy (non-hydrogen) atoms. The molecule has 0 aliphatic carbocycles. The number of rotatable bonds is 0. The lowest BCUT2D eigenvalue weighted by Gasteiger charge is -1.90. The van der Waals surface area contributed by atoms with Gasteiger partial charge in [0.25, 0.3) is 0 Å². The third-order valence-electron chi connectivity index (χ3n) is 2.27. The number of fused-ring (bicyclic) bond motifs is 3. The number of furan rings is 1. The molecule has 3 rings (SSSR count). The molecule has 0 radical (unpaired) electrons. The van der Waals surface area contributed by atoms with E-state index in [4.69, 9.17) is 10.2 Å². The first-order valence-electron chi connectivity index (χ1n) is 4.37. The maximum atomic E-state index is 5.71. The van der Waals surface area contributed by atoms with Crippen LogP contribution in [0.1, 0.15) is 0 Å². The Kier molecular flexibility index (Phi) is 1.31. The van der Waals surface area contributed by atoms with E-state index in [1.54, 1.807) is 6.20 Å². The molecule has 0 saturated heterocycles. The van der Waals surface area contributed by atoms with Gasteiger partial charge in [0.15, 0.2) is 0 Å². The van der Waals surface area contributed by atoms with Gasteiger partial charge in [-0.3, -0.25) is 0 Å². The zero-order chi connectivity index (χ0) is 9.54. The summed E-state index contributed by atoms with van der Waals surface area (Å²) in [6, 6.07) is 9.47. The summed E-state index contributed by atoms with van der Waals surface area (Å²) >= 11 is 0. The van der Waals surface area contributed by atoms with Gasteiger partial charge in [-0.15, -0.1) is 0 Å². The third kappa shape index (κ3) is 0.893. The minimum Gasteiger partial charge on any atom is -0.438 e. The van der Waals surface area contributed by atoms with Crippen molar-refractivity contribution in [1.82, 2.24) is 4.98 Å². The topological polar surface area (TPSA) is 52.0 Å². The fourth-order valence-electron chi connectivity index (χ4n) is 1.63. The van der Waals surface area contributed by atoms with E-state index in [9.17, 15) is 0 Å². The summed E-state index contributed by atoms with van der Waals surface area (Å²) in [7, 11) is 0. The minimum atomic E-state index is 0.660. The highest BCUT2D eigenvalue weighted by atomic mass is 16.3. The van der Waals surface area contributed by atoms with Gasteiger partial charge in [-0.05, 0) is 30.3 Å². The fraction of sp³-hybridized carbons (Fsp3) is 0. The second-order valence-electron chi connectivity index (χ2n) is 3.21. The molecular formula is C11H8N2O. The number of hydrogen-bond acceptors (Lipinski definition) is 3. The van der Waals surface area contributed by atoms with Crippen LogP contribution in [0.2, 0.25) is 0 Å². The zero-order valence-corrected chi connectivity index (χ0v) is 7.40. The highest BCUT2D eigenvalue weighted by Gasteiger charge is 2.06. The molecule has 3 heteroatoms. The number of nitrogens with two attached hydrogens (primary N) is 1. The molecule has 0 bridgehead atoms. The molecule has 0 saturated carbocycles. The fourth-order valence-corrected chi connectivity index (χ4v) is 1.63. The minimum absolute atomic E-state index is 0.660. The molecule has 3 nitrogen and oxygen atoms in total. The van der Waals surface area contributed by atoms with Crippen LogP contribution in [0.3, 0.4) is 0 Å². The maximum Gasteiger partial charge on any atom is 0.227 e. The van der Waals surface area contributed by atoms with Crippen molar-refractivity contribution < 1.29 is 4.42 Å². The average Bonchev–Trinajstić information content (AvgIpc) is 2.56. The number of anilines is 1. The van der Waals surface area contributed by atoms with Gasteiger partial charge >= 0.3 is 0 Å². The molecule has 3 aromatic rings. The summed E-state index contributed by atoms with van der Waals surface area (Å²) in [5, 5.41) is 2.03. The van der Waals surface area contributed by atoms with Crippen molar-refractivity contribution >= 4 is 27.8 Å². The Morgan fingerprint density at radius 2 is 2.07 bits per heavy atom. The Balaban J connectivity index is 2.58. The molecule has 2 heterocycles.